The maximum atomic E-state index is 13.4. The quantitative estimate of drug-likeness (QED) is 0.937. The fourth-order valence-corrected chi connectivity index (χ4v) is 4.12. The first-order valence-corrected chi connectivity index (χ1v) is 8.92. The third-order valence-corrected chi connectivity index (χ3v) is 5.36. The number of benzene rings is 2. The first-order chi connectivity index (χ1) is 12.2. The fourth-order valence-electron chi connectivity index (χ4n) is 4.12. The van der Waals surface area contributed by atoms with E-state index in [1.807, 2.05) is 60.7 Å². The summed E-state index contributed by atoms with van der Waals surface area (Å²) in [5, 5.41) is 3.08. The highest BCUT2D eigenvalue weighted by molar-refractivity contribution is 6.00. The normalized spacial score (nSPS) is 22.2. The van der Waals surface area contributed by atoms with Crippen LogP contribution in [0.2, 0.25) is 0 Å². The number of amides is 2. The van der Waals surface area contributed by atoms with Crippen molar-refractivity contribution >= 4 is 11.8 Å². The molecule has 4 rings (SSSR count). The summed E-state index contributed by atoms with van der Waals surface area (Å²) in [7, 11) is 0. The maximum absolute atomic E-state index is 13.4. The van der Waals surface area contributed by atoms with Gasteiger partial charge in [0.05, 0.1) is 0 Å². The fraction of sp³-hybridized carbons (Fsp3) is 0.333. The molecule has 1 aliphatic carbocycles. The van der Waals surface area contributed by atoms with Crippen LogP contribution < -0.4 is 5.32 Å². The number of nitrogens with one attached hydrogen (secondary N) is 1. The van der Waals surface area contributed by atoms with E-state index in [1.54, 1.807) is 4.90 Å². The monoisotopic (exact) mass is 334 g/mol. The topological polar surface area (TPSA) is 49.4 Å². The smallest absolute Gasteiger partial charge is 0.249 e. The van der Waals surface area contributed by atoms with Crippen molar-refractivity contribution in [3.8, 4) is 0 Å². The predicted molar refractivity (Wildman–Crippen MR) is 95.5 cm³/mol. The Labute approximate surface area is 147 Å². The minimum absolute atomic E-state index is 0.0577. The van der Waals surface area contributed by atoms with Gasteiger partial charge < -0.3 is 10.2 Å². The number of piperazine rings is 1. The van der Waals surface area contributed by atoms with Gasteiger partial charge in [-0.25, -0.2) is 0 Å². The standard InChI is InChI=1S/C21H22N2O2/c24-19-18(17-11-5-2-6-12-17)23(15-16-9-3-1-4-10-16)20(25)21(22-19)13-7-8-14-21/h1-6,9-12,18H,7-8,13-15H2,(H,22,24). The van der Waals surface area contributed by atoms with Crippen molar-refractivity contribution in [1.82, 2.24) is 10.2 Å². The molecule has 0 radical (unpaired) electrons. The van der Waals surface area contributed by atoms with Crippen LogP contribution in [0.3, 0.4) is 0 Å². The summed E-state index contributed by atoms with van der Waals surface area (Å²) in [6, 6.07) is 18.9. The largest absolute Gasteiger partial charge is 0.340 e. The van der Waals surface area contributed by atoms with Gasteiger partial charge in [0.15, 0.2) is 0 Å². The molecule has 1 saturated carbocycles. The van der Waals surface area contributed by atoms with E-state index >= 15 is 0 Å². The molecule has 4 nitrogen and oxygen atoms in total. The molecule has 2 amide bonds. The van der Waals surface area contributed by atoms with E-state index in [0.717, 1.165) is 36.8 Å². The van der Waals surface area contributed by atoms with Crippen LogP contribution in [0, 0.1) is 0 Å². The van der Waals surface area contributed by atoms with Crippen molar-refractivity contribution in [1.29, 1.82) is 0 Å². The van der Waals surface area contributed by atoms with Gasteiger partial charge in [0.2, 0.25) is 11.8 Å². The number of hydrogen-bond donors (Lipinski definition) is 1. The van der Waals surface area contributed by atoms with E-state index in [1.165, 1.54) is 0 Å². The highest BCUT2D eigenvalue weighted by atomic mass is 16.2. The van der Waals surface area contributed by atoms with Gasteiger partial charge in [0.25, 0.3) is 0 Å². The average molecular weight is 334 g/mol. The van der Waals surface area contributed by atoms with E-state index in [0.29, 0.717) is 6.54 Å². The molecule has 2 aromatic carbocycles. The summed E-state index contributed by atoms with van der Waals surface area (Å²) >= 11 is 0. The zero-order valence-electron chi connectivity index (χ0n) is 14.2. The number of rotatable bonds is 3. The SMILES string of the molecule is O=C1NC2(CCCC2)C(=O)N(Cc2ccccc2)C1c1ccccc1. The lowest BCUT2D eigenvalue weighted by Gasteiger charge is -2.44. The van der Waals surface area contributed by atoms with Gasteiger partial charge in [-0.15, -0.1) is 0 Å². The Hall–Kier alpha value is -2.62. The van der Waals surface area contributed by atoms with Gasteiger partial charge in [-0.05, 0) is 24.0 Å². The first kappa shape index (κ1) is 15.9. The molecule has 0 aromatic heterocycles. The van der Waals surface area contributed by atoms with Crippen LogP contribution >= 0.6 is 0 Å². The molecule has 128 valence electrons. The van der Waals surface area contributed by atoms with Crippen molar-refractivity contribution in [3.63, 3.8) is 0 Å². The molecule has 2 aliphatic rings. The van der Waals surface area contributed by atoms with Crippen molar-refractivity contribution in [2.24, 2.45) is 0 Å². The van der Waals surface area contributed by atoms with E-state index in [9.17, 15) is 9.59 Å². The van der Waals surface area contributed by atoms with Gasteiger partial charge in [0, 0.05) is 6.54 Å². The Morgan fingerprint density at radius 3 is 2.16 bits per heavy atom. The zero-order valence-corrected chi connectivity index (χ0v) is 14.2. The molecule has 1 saturated heterocycles. The molecule has 1 atom stereocenters. The van der Waals surface area contributed by atoms with E-state index < -0.39 is 11.6 Å². The summed E-state index contributed by atoms with van der Waals surface area (Å²) in [5.74, 6) is -0.00839. The summed E-state index contributed by atoms with van der Waals surface area (Å²) in [6.07, 6.45) is 3.46. The van der Waals surface area contributed by atoms with Gasteiger partial charge >= 0.3 is 0 Å². The third kappa shape index (κ3) is 2.82. The molecule has 1 heterocycles. The Morgan fingerprint density at radius 2 is 1.52 bits per heavy atom. The maximum Gasteiger partial charge on any atom is 0.249 e. The molecule has 1 N–H and O–H groups in total. The molecular weight excluding hydrogens is 312 g/mol. The van der Waals surface area contributed by atoms with Gasteiger partial charge in [-0.2, -0.15) is 0 Å². The van der Waals surface area contributed by atoms with E-state index in [2.05, 4.69) is 5.32 Å². The molecule has 2 aromatic rings. The third-order valence-electron chi connectivity index (χ3n) is 5.36. The molecule has 1 unspecified atom stereocenters. The Balaban J connectivity index is 1.73. The van der Waals surface area contributed by atoms with Crippen LogP contribution in [-0.4, -0.2) is 22.3 Å². The average Bonchev–Trinajstić information content (AvgIpc) is 3.10. The number of carbonyl (C=O) groups is 2. The molecular formula is C21H22N2O2. The van der Waals surface area contributed by atoms with E-state index in [-0.39, 0.29) is 11.8 Å². The van der Waals surface area contributed by atoms with Gasteiger partial charge in [-0.3, -0.25) is 9.59 Å². The minimum Gasteiger partial charge on any atom is -0.340 e. The van der Waals surface area contributed by atoms with Crippen LogP contribution in [0.5, 0.6) is 0 Å². The molecule has 2 fully saturated rings. The number of hydrogen-bond acceptors (Lipinski definition) is 2. The van der Waals surface area contributed by atoms with Crippen LogP contribution in [0.1, 0.15) is 42.9 Å². The molecule has 25 heavy (non-hydrogen) atoms. The summed E-state index contributed by atoms with van der Waals surface area (Å²) in [5.41, 5.74) is 1.20. The van der Waals surface area contributed by atoms with Crippen molar-refractivity contribution < 1.29 is 9.59 Å². The van der Waals surface area contributed by atoms with E-state index in [4.69, 9.17) is 0 Å². The second kappa shape index (κ2) is 6.36. The highest BCUT2D eigenvalue weighted by Crippen LogP contribution is 2.39. The predicted octanol–water partition coefficient (Wildman–Crippen LogP) is 3.20. The van der Waals surface area contributed by atoms with Crippen molar-refractivity contribution in [2.45, 2.75) is 43.8 Å². The lowest BCUT2D eigenvalue weighted by Crippen LogP contribution is -2.66. The lowest BCUT2D eigenvalue weighted by molar-refractivity contribution is -0.156. The summed E-state index contributed by atoms with van der Waals surface area (Å²) in [4.78, 5) is 28.2. The zero-order chi connectivity index (χ0) is 17.3. The van der Waals surface area contributed by atoms with Gasteiger partial charge in [-0.1, -0.05) is 73.5 Å². The Bertz CT molecular complexity index is 767. The molecule has 4 heteroatoms. The highest BCUT2D eigenvalue weighted by Gasteiger charge is 2.52. The minimum atomic E-state index is -0.697. The molecule has 0 bridgehead atoms. The van der Waals surface area contributed by atoms with Crippen LogP contribution in [-0.2, 0) is 16.1 Å². The van der Waals surface area contributed by atoms with Crippen LogP contribution in [0.4, 0.5) is 0 Å². The lowest BCUT2D eigenvalue weighted by atomic mass is 9.88. The second-order valence-electron chi connectivity index (χ2n) is 7.01. The summed E-state index contributed by atoms with van der Waals surface area (Å²) in [6.45, 7) is 0.453. The number of carbonyl (C=O) groups excluding carboxylic acids is 2. The summed E-state index contributed by atoms with van der Waals surface area (Å²) < 4.78 is 0. The number of nitrogens with zero attached hydrogens (tertiary/aromatic N) is 1. The second-order valence-corrected chi connectivity index (χ2v) is 7.01. The van der Waals surface area contributed by atoms with Crippen LogP contribution in [0.15, 0.2) is 60.7 Å². The van der Waals surface area contributed by atoms with Gasteiger partial charge in [0.1, 0.15) is 11.6 Å². The molecule has 1 spiro atoms. The molecule has 1 aliphatic heterocycles. The first-order valence-electron chi connectivity index (χ1n) is 8.92. The van der Waals surface area contributed by atoms with Crippen molar-refractivity contribution in [2.75, 3.05) is 0 Å². The Kier molecular flexibility index (Phi) is 4.04. The van der Waals surface area contributed by atoms with Crippen molar-refractivity contribution in [3.05, 3.63) is 71.8 Å². The van der Waals surface area contributed by atoms with Crippen LogP contribution in [0.25, 0.3) is 0 Å². The Morgan fingerprint density at radius 1 is 0.920 bits per heavy atom.